The second-order valence-corrected chi connectivity index (χ2v) is 14.7. The molecule has 2 nitrogen and oxygen atoms in total. The molecule has 0 unspecified atom stereocenters. The highest BCUT2D eigenvalue weighted by molar-refractivity contribution is 6.22. The van der Waals surface area contributed by atoms with Crippen LogP contribution in [0.15, 0.2) is 146 Å². The van der Waals surface area contributed by atoms with Gasteiger partial charge in [0.15, 0.2) is 0 Å². The maximum atomic E-state index is 2.49. The molecule has 0 amide bonds. The maximum absolute atomic E-state index is 2.49. The molecule has 11 aromatic rings. The largest absolute Gasteiger partial charge is 0.313 e. The molecule has 9 aromatic carbocycles. The van der Waals surface area contributed by atoms with Crippen LogP contribution in [0.2, 0.25) is 0 Å². The minimum absolute atomic E-state index is 1.20. The molecule has 0 fully saturated rings. The van der Waals surface area contributed by atoms with Crippen molar-refractivity contribution in [2.45, 2.75) is 27.7 Å². The summed E-state index contributed by atoms with van der Waals surface area (Å²) < 4.78 is 4.98. The average Bonchev–Trinajstić information content (AvgIpc) is 3.59. The first kappa shape index (κ1) is 29.4. The second kappa shape index (κ2) is 10.6. The SMILES string of the molecule is Cc1c(C)n(-c2ccc3cc4ccccc4cc3c2)c2c1ccc1c3ccc4c(C)c(C)n(-c5ccc6cc7ccccc7cc6c5)c4c3ccc12. The molecule has 2 heteroatoms. The first-order chi connectivity index (χ1) is 25.4. The van der Waals surface area contributed by atoms with Crippen LogP contribution in [0.1, 0.15) is 22.5 Å². The van der Waals surface area contributed by atoms with Crippen molar-refractivity contribution in [1.29, 1.82) is 0 Å². The predicted octanol–water partition coefficient (Wildman–Crippen LogP) is 13.7. The Hall–Kier alpha value is -6.38. The number of hydrogen-bond donors (Lipinski definition) is 0. The van der Waals surface area contributed by atoms with Crippen molar-refractivity contribution in [2.24, 2.45) is 0 Å². The molecule has 2 heterocycles. The summed E-state index contributed by atoms with van der Waals surface area (Å²) in [7, 11) is 0. The molecule has 2 aromatic heterocycles. The molecule has 0 saturated heterocycles. The molecular weight excluding hydrogens is 629 g/mol. The Balaban J connectivity index is 1.16. The van der Waals surface area contributed by atoms with Gasteiger partial charge in [0.2, 0.25) is 0 Å². The minimum Gasteiger partial charge on any atom is -0.313 e. The van der Waals surface area contributed by atoms with Gasteiger partial charge in [0.25, 0.3) is 0 Å². The van der Waals surface area contributed by atoms with Crippen molar-refractivity contribution in [3.63, 3.8) is 0 Å². The van der Waals surface area contributed by atoms with Gasteiger partial charge in [-0.15, -0.1) is 0 Å². The van der Waals surface area contributed by atoms with E-state index < -0.39 is 0 Å². The number of rotatable bonds is 2. The summed E-state index contributed by atoms with van der Waals surface area (Å²) in [5.41, 5.74) is 10.2. The van der Waals surface area contributed by atoms with E-state index >= 15 is 0 Å². The number of fused-ring (bicyclic) bond motifs is 11. The van der Waals surface area contributed by atoms with E-state index in [9.17, 15) is 0 Å². The van der Waals surface area contributed by atoms with Crippen molar-refractivity contribution < 1.29 is 0 Å². The smallest absolute Gasteiger partial charge is 0.0612 e. The molecule has 0 radical (unpaired) electrons. The van der Waals surface area contributed by atoms with Crippen LogP contribution in [0, 0.1) is 27.7 Å². The average molecular weight is 665 g/mol. The fourth-order valence-corrected chi connectivity index (χ4v) is 9.12. The molecule has 0 saturated carbocycles. The van der Waals surface area contributed by atoms with E-state index in [4.69, 9.17) is 0 Å². The quantitative estimate of drug-likeness (QED) is 0.129. The van der Waals surface area contributed by atoms with Crippen molar-refractivity contribution in [3.8, 4) is 11.4 Å². The van der Waals surface area contributed by atoms with Crippen LogP contribution in [0.3, 0.4) is 0 Å². The maximum Gasteiger partial charge on any atom is 0.0612 e. The van der Waals surface area contributed by atoms with Gasteiger partial charge in [-0.3, -0.25) is 0 Å². The summed E-state index contributed by atoms with van der Waals surface area (Å²) in [6, 6.07) is 54.6. The minimum atomic E-state index is 1.20. The molecule has 11 rings (SSSR count). The van der Waals surface area contributed by atoms with E-state index in [1.54, 1.807) is 0 Å². The van der Waals surface area contributed by atoms with Gasteiger partial charge in [-0.05, 0) is 141 Å². The molecule has 0 bridgehead atoms. The van der Waals surface area contributed by atoms with Crippen molar-refractivity contribution in [2.75, 3.05) is 0 Å². The molecule has 0 spiro atoms. The number of aromatic nitrogens is 2. The molecule has 0 atom stereocenters. The van der Waals surface area contributed by atoms with E-state index in [0.717, 1.165) is 0 Å². The zero-order valence-corrected chi connectivity index (χ0v) is 29.8. The highest BCUT2D eigenvalue weighted by atomic mass is 15.0. The summed E-state index contributed by atoms with van der Waals surface area (Å²) in [5, 5.41) is 17.9. The third-order valence-electron chi connectivity index (χ3n) is 12.0. The highest BCUT2D eigenvalue weighted by Crippen LogP contribution is 2.41. The summed E-state index contributed by atoms with van der Waals surface area (Å²) in [6.45, 7) is 9.07. The first-order valence-corrected chi connectivity index (χ1v) is 18.3. The van der Waals surface area contributed by atoms with Crippen LogP contribution in [-0.2, 0) is 0 Å². The standard InChI is InChI=1S/C50H36N2/c1-29-31(3)51(41-15-13-37-23-33-9-5-7-11-35(33)25-39(37)27-41)49-43(29)17-19-45-46-20-18-44-30(2)32(4)52(50(44)48(46)22-21-47(45)49)42-16-14-38-24-34-10-6-8-12-36(34)26-40(38)28-42/h5-28H,1-4H3. The van der Waals surface area contributed by atoms with Crippen LogP contribution in [-0.4, -0.2) is 9.13 Å². The van der Waals surface area contributed by atoms with E-state index in [1.807, 2.05) is 0 Å². The Kier molecular flexibility index (Phi) is 5.97. The van der Waals surface area contributed by atoms with Crippen LogP contribution >= 0.6 is 0 Å². The zero-order chi connectivity index (χ0) is 34.8. The zero-order valence-electron chi connectivity index (χ0n) is 29.8. The molecule has 0 aliphatic rings. The fraction of sp³-hybridized carbons (Fsp3) is 0.0800. The summed E-state index contributed by atoms with van der Waals surface area (Å²) in [5.74, 6) is 0. The number of hydrogen-bond acceptors (Lipinski definition) is 0. The molecule has 0 aliphatic carbocycles. The lowest BCUT2D eigenvalue weighted by molar-refractivity contribution is 1.05. The van der Waals surface area contributed by atoms with Crippen LogP contribution in [0.4, 0.5) is 0 Å². The van der Waals surface area contributed by atoms with E-state index in [1.165, 1.54) is 120 Å². The molecule has 0 aliphatic heterocycles. The third kappa shape index (κ3) is 4.01. The van der Waals surface area contributed by atoms with Gasteiger partial charge < -0.3 is 9.13 Å². The second-order valence-electron chi connectivity index (χ2n) is 14.7. The molecule has 246 valence electrons. The monoisotopic (exact) mass is 664 g/mol. The van der Waals surface area contributed by atoms with Gasteiger partial charge in [-0.2, -0.15) is 0 Å². The molecular formula is C50H36N2. The van der Waals surface area contributed by atoms with E-state index in [0.29, 0.717) is 0 Å². The molecule has 0 N–H and O–H groups in total. The lowest BCUT2D eigenvalue weighted by Crippen LogP contribution is -1.98. The topological polar surface area (TPSA) is 9.86 Å². The van der Waals surface area contributed by atoms with Gasteiger partial charge in [0, 0.05) is 44.3 Å². The van der Waals surface area contributed by atoms with Crippen LogP contribution < -0.4 is 0 Å². The van der Waals surface area contributed by atoms with Crippen LogP contribution in [0.5, 0.6) is 0 Å². The Morgan fingerprint density at radius 3 is 1.02 bits per heavy atom. The van der Waals surface area contributed by atoms with E-state index in [2.05, 4.69) is 182 Å². The molecule has 52 heavy (non-hydrogen) atoms. The van der Waals surface area contributed by atoms with E-state index in [-0.39, 0.29) is 0 Å². The lowest BCUT2D eigenvalue weighted by atomic mass is 9.97. The fourth-order valence-electron chi connectivity index (χ4n) is 9.12. The van der Waals surface area contributed by atoms with Gasteiger partial charge in [0.05, 0.1) is 11.0 Å². The number of nitrogens with zero attached hydrogens (tertiary/aromatic N) is 2. The van der Waals surface area contributed by atoms with Gasteiger partial charge in [0.1, 0.15) is 0 Å². The Morgan fingerprint density at radius 1 is 0.288 bits per heavy atom. The normalized spacial score (nSPS) is 12.2. The van der Waals surface area contributed by atoms with Crippen molar-refractivity contribution in [3.05, 3.63) is 168 Å². The Bertz CT molecular complexity index is 3110. The first-order valence-electron chi connectivity index (χ1n) is 18.3. The lowest BCUT2D eigenvalue weighted by Gasteiger charge is -2.15. The van der Waals surface area contributed by atoms with Crippen LogP contribution in [0.25, 0.3) is 97.8 Å². The third-order valence-corrected chi connectivity index (χ3v) is 12.0. The van der Waals surface area contributed by atoms with Crippen molar-refractivity contribution >= 4 is 86.4 Å². The van der Waals surface area contributed by atoms with Gasteiger partial charge in [-0.1, -0.05) is 97.1 Å². The van der Waals surface area contributed by atoms with Gasteiger partial charge in [-0.25, -0.2) is 0 Å². The van der Waals surface area contributed by atoms with Gasteiger partial charge >= 0.3 is 0 Å². The predicted molar refractivity (Wildman–Crippen MR) is 224 cm³/mol. The highest BCUT2D eigenvalue weighted by Gasteiger charge is 2.20. The number of aryl methyl sites for hydroxylation is 2. The number of benzene rings is 9. The summed E-state index contributed by atoms with van der Waals surface area (Å²) >= 11 is 0. The summed E-state index contributed by atoms with van der Waals surface area (Å²) in [6.07, 6.45) is 0. The van der Waals surface area contributed by atoms with Crippen molar-refractivity contribution in [1.82, 2.24) is 9.13 Å². The Labute approximate surface area is 301 Å². The Morgan fingerprint density at radius 2 is 0.615 bits per heavy atom. The summed E-state index contributed by atoms with van der Waals surface area (Å²) in [4.78, 5) is 0.